The van der Waals surface area contributed by atoms with E-state index in [1.54, 1.807) is 6.07 Å². The van der Waals surface area contributed by atoms with Crippen LogP contribution in [0.4, 0.5) is 13.2 Å². The maximum atomic E-state index is 12.1. The molecule has 0 amide bonds. The number of alkyl halides is 4. The molecule has 1 aromatic rings. The summed E-state index contributed by atoms with van der Waals surface area (Å²) in [6, 6.07) is 3.23. The second-order valence-corrected chi connectivity index (χ2v) is 3.37. The van der Waals surface area contributed by atoms with Crippen LogP contribution < -0.4 is 4.74 Å². The van der Waals surface area contributed by atoms with E-state index in [0.29, 0.717) is 0 Å². The smallest absolute Gasteiger partial charge is 0.478 e. The number of nitrogens with zero attached hydrogens (tertiary/aromatic N) is 1. The monoisotopic (exact) mass is 279 g/mol. The van der Waals surface area contributed by atoms with Gasteiger partial charge in [0.15, 0.2) is 0 Å². The highest BCUT2D eigenvalue weighted by Gasteiger charge is 2.33. The van der Waals surface area contributed by atoms with Crippen molar-refractivity contribution in [3.05, 3.63) is 28.8 Å². The first-order valence-electron chi connectivity index (χ1n) is 4.40. The van der Waals surface area contributed by atoms with E-state index < -0.39 is 23.6 Å². The number of benzene rings is 1. The molecule has 0 unspecified atom stereocenters. The summed E-state index contributed by atoms with van der Waals surface area (Å²) in [5, 5.41) is 17.5. The largest absolute Gasteiger partial charge is 0.573 e. The summed E-state index contributed by atoms with van der Waals surface area (Å²) in [6.45, 7) is 0. The lowest BCUT2D eigenvalue weighted by Gasteiger charge is -2.13. The Balaban J connectivity index is 3.39. The van der Waals surface area contributed by atoms with Crippen LogP contribution in [0.3, 0.4) is 0 Å². The number of carboxylic acids is 1. The number of hydrogen-bond acceptors (Lipinski definition) is 3. The number of rotatable bonds is 3. The van der Waals surface area contributed by atoms with E-state index in [4.69, 9.17) is 22.0 Å². The predicted octanol–water partition coefficient (Wildman–Crippen LogP) is 2.89. The molecule has 8 heteroatoms. The van der Waals surface area contributed by atoms with Gasteiger partial charge in [0, 0.05) is 5.88 Å². The molecule has 96 valence electrons. The first-order valence-corrected chi connectivity index (χ1v) is 4.94. The highest BCUT2D eigenvalue weighted by molar-refractivity contribution is 6.17. The van der Waals surface area contributed by atoms with Crippen molar-refractivity contribution < 1.29 is 27.8 Å². The third kappa shape index (κ3) is 3.28. The Labute approximate surface area is 104 Å². The average molecular weight is 280 g/mol. The average Bonchev–Trinajstić information content (AvgIpc) is 2.25. The Kier molecular flexibility index (Phi) is 4.03. The lowest BCUT2D eigenvalue weighted by molar-refractivity contribution is -0.274. The Hall–Kier alpha value is -1.94. The summed E-state index contributed by atoms with van der Waals surface area (Å²) in [6.07, 6.45) is -5.03. The summed E-state index contributed by atoms with van der Waals surface area (Å²) in [7, 11) is 0. The van der Waals surface area contributed by atoms with E-state index in [1.165, 1.54) is 0 Å². The van der Waals surface area contributed by atoms with Crippen molar-refractivity contribution >= 4 is 17.6 Å². The summed E-state index contributed by atoms with van der Waals surface area (Å²) in [4.78, 5) is 10.8. The summed E-state index contributed by atoms with van der Waals surface area (Å²) >= 11 is 5.45. The number of nitriles is 1. The number of aromatic carboxylic acids is 1. The Morgan fingerprint density at radius 1 is 1.50 bits per heavy atom. The molecule has 1 rings (SSSR count). The molecule has 4 nitrogen and oxygen atoms in total. The predicted molar refractivity (Wildman–Crippen MR) is 54.4 cm³/mol. The molecule has 0 spiro atoms. The third-order valence-corrected chi connectivity index (χ3v) is 2.21. The van der Waals surface area contributed by atoms with Crippen LogP contribution in [0, 0.1) is 11.3 Å². The van der Waals surface area contributed by atoms with E-state index in [9.17, 15) is 18.0 Å². The topological polar surface area (TPSA) is 70.3 Å². The van der Waals surface area contributed by atoms with E-state index in [2.05, 4.69) is 4.74 Å². The fourth-order valence-corrected chi connectivity index (χ4v) is 1.43. The molecular formula is C10H5ClF3NO3. The van der Waals surface area contributed by atoms with E-state index in [-0.39, 0.29) is 17.0 Å². The van der Waals surface area contributed by atoms with Gasteiger partial charge in [-0.05, 0) is 17.7 Å². The van der Waals surface area contributed by atoms with Crippen molar-refractivity contribution in [3.8, 4) is 11.8 Å². The molecule has 0 fully saturated rings. The zero-order valence-corrected chi connectivity index (χ0v) is 9.34. The highest BCUT2D eigenvalue weighted by atomic mass is 35.5. The van der Waals surface area contributed by atoms with E-state index in [1.807, 2.05) is 0 Å². The first kappa shape index (κ1) is 14.1. The Morgan fingerprint density at radius 2 is 2.11 bits per heavy atom. The fourth-order valence-electron chi connectivity index (χ4n) is 1.21. The highest BCUT2D eigenvalue weighted by Crippen LogP contribution is 2.30. The van der Waals surface area contributed by atoms with Crippen LogP contribution in [0.1, 0.15) is 21.5 Å². The summed E-state index contributed by atoms with van der Waals surface area (Å²) in [5.74, 6) is -2.77. The van der Waals surface area contributed by atoms with Crippen molar-refractivity contribution in [2.24, 2.45) is 0 Å². The number of halogens is 4. The minimum atomic E-state index is -5.03. The molecular weight excluding hydrogens is 275 g/mol. The quantitative estimate of drug-likeness (QED) is 0.864. The van der Waals surface area contributed by atoms with Gasteiger partial charge < -0.3 is 9.84 Å². The molecule has 0 bridgehead atoms. The lowest BCUT2D eigenvalue weighted by Crippen LogP contribution is -2.19. The lowest BCUT2D eigenvalue weighted by atomic mass is 10.0. The van der Waals surface area contributed by atoms with Gasteiger partial charge in [-0.3, -0.25) is 0 Å². The van der Waals surface area contributed by atoms with Gasteiger partial charge >= 0.3 is 12.3 Å². The minimum absolute atomic E-state index is 0.0587. The maximum absolute atomic E-state index is 12.1. The minimum Gasteiger partial charge on any atom is -0.478 e. The molecule has 0 aliphatic rings. The van der Waals surface area contributed by atoms with Gasteiger partial charge in [0.1, 0.15) is 11.3 Å². The van der Waals surface area contributed by atoms with Gasteiger partial charge in [0.2, 0.25) is 0 Å². The van der Waals surface area contributed by atoms with Crippen LogP contribution in [0.5, 0.6) is 5.75 Å². The van der Waals surface area contributed by atoms with Crippen LogP contribution >= 0.6 is 11.6 Å². The van der Waals surface area contributed by atoms with Crippen LogP contribution in [-0.2, 0) is 5.88 Å². The normalized spacial score (nSPS) is 10.8. The van der Waals surface area contributed by atoms with E-state index in [0.717, 1.165) is 12.1 Å². The molecule has 0 aliphatic heterocycles. The van der Waals surface area contributed by atoms with Crippen molar-refractivity contribution in [2.45, 2.75) is 12.2 Å². The number of carbonyl (C=O) groups is 1. The van der Waals surface area contributed by atoms with E-state index >= 15 is 0 Å². The number of ether oxygens (including phenoxy) is 1. The molecule has 1 N–H and O–H groups in total. The Morgan fingerprint density at radius 3 is 2.50 bits per heavy atom. The van der Waals surface area contributed by atoms with Gasteiger partial charge in [-0.15, -0.1) is 24.8 Å². The second kappa shape index (κ2) is 5.14. The van der Waals surface area contributed by atoms with Crippen LogP contribution in [0.25, 0.3) is 0 Å². The van der Waals surface area contributed by atoms with Crippen molar-refractivity contribution in [1.82, 2.24) is 0 Å². The molecule has 1 aromatic carbocycles. The van der Waals surface area contributed by atoms with Gasteiger partial charge in [0.25, 0.3) is 0 Å². The second-order valence-electron chi connectivity index (χ2n) is 3.10. The van der Waals surface area contributed by atoms with Gasteiger partial charge in [0.05, 0.1) is 11.6 Å². The molecule has 0 heterocycles. The first-order chi connectivity index (χ1) is 8.28. The SMILES string of the molecule is N#Cc1cc(C(=O)O)c(OC(F)(F)F)cc1CCl. The Bertz CT molecular complexity index is 522. The van der Waals surface area contributed by atoms with Crippen molar-refractivity contribution in [2.75, 3.05) is 0 Å². The van der Waals surface area contributed by atoms with Crippen LogP contribution in [-0.4, -0.2) is 17.4 Å². The van der Waals surface area contributed by atoms with Crippen molar-refractivity contribution in [1.29, 1.82) is 5.26 Å². The number of hydrogen-bond donors (Lipinski definition) is 1. The molecule has 0 aromatic heterocycles. The zero-order chi connectivity index (χ0) is 13.9. The fraction of sp³-hybridized carbons (Fsp3) is 0.200. The van der Waals surface area contributed by atoms with Gasteiger partial charge in [-0.1, -0.05) is 0 Å². The zero-order valence-electron chi connectivity index (χ0n) is 8.58. The maximum Gasteiger partial charge on any atom is 0.573 e. The summed E-state index contributed by atoms with van der Waals surface area (Å²) < 4.78 is 39.9. The van der Waals surface area contributed by atoms with Crippen LogP contribution in [0.2, 0.25) is 0 Å². The van der Waals surface area contributed by atoms with Crippen LogP contribution in [0.15, 0.2) is 12.1 Å². The van der Waals surface area contributed by atoms with Crippen molar-refractivity contribution in [3.63, 3.8) is 0 Å². The molecule has 0 saturated heterocycles. The number of carboxylic acid groups (broad SMARTS) is 1. The third-order valence-electron chi connectivity index (χ3n) is 1.93. The van der Waals surface area contributed by atoms with Gasteiger partial charge in [-0.25, -0.2) is 4.79 Å². The molecule has 0 aliphatic carbocycles. The molecule has 18 heavy (non-hydrogen) atoms. The molecule has 0 atom stereocenters. The standard InChI is InChI=1S/C10H5ClF3NO3/c11-3-5-2-8(18-10(12,13)14)7(9(16)17)1-6(5)4-15/h1-2H,3H2,(H,16,17). The summed E-state index contributed by atoms with van der Waals surface area (Å²) in [5.41, 5.74) is -0.807. The molecule has 0 radical (unpaired) electrons. The molecule has 0 saturated carbocycles. The van der Waals surface area contributed by atoms with Gasteiger partial charge in [-0.2, -0.15) is 5.26 Å².